The average Bonchev–Trinajstić information content (AvgIpc) is 3.47. The van der Waals surface area contributed by atoms with E-state index in [1.807, 2.05) is 31.1 Å². The molecular weight excluding hydrogens is 999 g/mol. The van der Waals surface area contributed by atoms with Crippen molar-refractivity contribution in [2.45, 2.75) is 89.9 Å². The molecule has 0 unspecified atom stereocenters. The fourth-order valence-corrected chi connectivity index (χ4v) is 7.51. The molecule has 5 aromatic carbocycles. The Hall–Kier alpha value is -8.47. The van der Waals surface area contributed by atoms with Crippen LogP contribution in [0.15, 0.2) is 146 Å². The van der Waals surface area contributed by atoms with Gasteiger partial charge < -0.3 is 48.0 Å². The summed E-state index contributed by atoms with van der Waals surface area (Å²) in [5.41, 5.74) is 1.62. The highest BCUT2D eigenvalue weighted by molar-refractivity contribution is 6.06. The van der Waals surface area contributed by atoms with Crippen molar-refractivity contribution in [1.82, 2.24) is 0 Å². The maximum Gasteiger partial charge on any atom is 0.344 e. The summed E-state index contributed by atoms with van der Waals surface area (Å²) in [4.78, 5) is 65.6. The Morgan fingerprint density at radius 1 is 0.462 bits per heavy atom. The second kappa shape index (κ2) is 34.2. The lowest BCUT2D eigenvalue weighted by Gasteiger charge is -2.12. The van der Waals surface area contributed by atoms with Crippen LogP contribution in [0, 0.1) is 5.21 Å². The number of anilines is 1. The number of nitrogens with zero attached hydrogens (tertiary/aromatic N) is 3. The predicted molar refractivity (Wildman–Crippen MR) is 296 cm³/mol. The van der Waals surface area contributed by atoms with E-state index in [1.54, 1.807) is 84.9 Å². The zero-order chi connectivity index (χ0) is 55.7. The van der Waals surface area contributed by atoms with Crippen LogP contribution in [0.1, 0.15) is 121 Å². The molecule has 17 nitrogen and oxygen atoms in total. The van der Waals surface area contributed by atoms with Gasteiger partial charge in [0.2, 0.25) is 5.69 Å². The number of carbonyl (C=O) groups is 5. The van der Waals surface area contributed by atoms with Crippen LogP contribution < -0.4 is 28.6 Å². The van der Waals surface area contributed by atoms with Gasteiger partial charge in [-0.2, -0.15) is 0 Å². The highest BCUT2D eigenvalue weighted by atomic mass is 16.6. The minimum Gasteiger partial charge on any atom is -0.594 e. The highest BCUT2D eigenvalue weighted by Gasteiger charge is 2.23. The van der Waals surface area contributed by atoms with E-state index in [4.69, 9.17) is 37.9 Å². The SMILES string of the molecule is C=CC(=O)OCCCCCCCOc1ccc(OC(=O)c2ccc(C(=O)Oc3ccc(OCCCCCCCOC(=O)C=C)cc3)c(C(=O)OCCCCCCOc3ccc(N=[N+]([O-])c4ccc(N(C)C)cc4)cc3)c2)cc1. The lowest BCUT2D eigenvalue weighted by atomic mass is 10.0. The first-order valence-corrected chi connectivity index (χ1v) is 26.4. The molecule has 5 rings (SSSR count). The quantitative estimate of drug-likeness (QED) is 0.00535. The molecule has 0 aliphatic rings. The van der Waals surface area contributed by atoms with E-state index in [2.05, 4.69) is 18.3 Å². The Morgan fingerprint density at radius 3 is 1.31 bits per heavy atom. The average molecular weight is 1070 g/mol. The number of hydrogen-bond acceptors (Lipinski definition) is 16. The molecule has 0 aliphatic heterocycles. The Labute approximate surface area is 456 Å². The molecule has 0 aromatic heterocycles. The molecule has 0 atom stereocenters. The van der Waals surface area contributed by atoms with Crippen LogP contribution >= 0.6 is 0 Å². The summed E-state index contributed by atoms with van der Waals surface area (Å²) in [5.74, 6) is -0.947. The smallest absolute Gasteiger partial charge is 0.344 e. The maximum absolute atomic E-state index is 13.7. The van der Waals surface area contributed by atoms with Gasteiger partial charge in [0, 0.05) is 49.2 Å². The third kappa shape index (κ3) is 22.4. The van der Waals surface area contributed by atoms with Gasteiger partial charge in [0.25, 0.3) is 0 Å². The predicted octanol–water partition coefficient (Wildman–Crippen LogP) is 13.0. The number of azo groups is 1. The largest absolute Gasteiger partial charge is 0.594 e. The van der Waals surface area contributed by atoms with E-state index in [0.29, 0.717) is 72.9 Å². The lowest BCUT2D eigenvalue weighted by molar-refractivity contribution is -0.435. The number of benzene rings is 5. The van der Waals surface area contributed by atoms with Crippen molar-refractivity contribution in [3.05, 3.63) is 162 Å². The van der Waals surface area contributed by atoms with Crippen LogP contribution in [0.5, 0.6) is 28.7 Å². The molecule has 414 valence electrons. The second-order valence-electron chi connectivity index (χ2n) is 18.1. The third-order valence-electron chi connectivity index (χ3n) is 11.9. The first-order valence-electron chi connectivity index (χ1n) is 26.4. The Balaban J connectivity index is 1.10. The van der Waals surface area contributed by atoms with Crippen molar-refractivity contribution in [2.24, 2.45) is 5.11 Å². The van der Waals surface area contributed by atoms with Crippen LogP contribution in [0.4, 0.5) is 17.1 Å². The minimum absolute atomic E-state index is 0.00984. The van der Waals surface area contributed by atoms with Crippen LogP contribution in [0.3, 0.4) is 0 Å². The first kappa shape index (κ1) is 60.4. The van der Waals surface area contributed by atoms with E-state index in [1.165, 1.54) is 18.2 Å². The Bertz CT molecular complexity index is 2710. The zero-order valence-electron chi connectivity index (χ0n) is 44.7. The molecule has 0 fully saturated rings. The summed E-state index contributed by atoms with van der Waals surface area (Å²) >= 11 is 0. The van der Waals surface area contributed by atoms with Gasteiger partial charge in [0.15, 0.2) is 0 Å². The van der Waals surface area contributed by atoms with Gasteiger partial charge in [-0.3, -0.25) is 0 Å². The van der Waals surface area contributed by atoms with E-state index in [9.17, 15) is 29.2 Å². The normalized spacial score (nSPS) is 10.9. The highest BCUT2D eigenvalue weighted by Crippen LogP contribution is 2.26. The van der Waals surface area contributed by atoms with E-state index in [0.717, 1.165) is 101 Å². The number of esters is 5. The summed E-state index contributed by atoms with van der Waals surface area (Å²) in [6, 6.07) is 31.2. The van der Waals surface area contributed by atoms with Crippen molar-refractivity contribution < 1.29 is 66.7 Å². The molecule has 78 heavy (non-hydrogen) atoms. The molecule has 0 radical (unpaired) electrons. The third-order valence-corrected chi connectivity index (χ3v) is 11.9. The summed E-state index contributed by atoms with van der Waals surface area (Å²) in [6.07, 6.45) is 14.1. The topological polar surface area (TPSA) is 201 Å². The fourth-order valence-electron chi connectivity index (χ4n) is 7.51. The summed E-state index contributed by atoms with van der Waals surface area (Å²) < 4.78 is 44.6. The number of carbonyl (C=O) groups excluding carboxylic acids is 5. The molecule has 5 aromatic rings. The maximum atomic E-state index is 13.7. The number of unbranched alkanes of at least 4 members (excludes halogenated alkanes) is 11. The minimum atomic E-state index is -0.834. The lowest BCUT2D eigenvalue weighted by Crippen LogP contribution is -2.18. The van der Waals surface area contributed by atoms with Gasteiger partial charge in [-0.1, -0.05) is 56.5 Å². The molecule has 0 N–H and O–H groups in total. The Kier molecular flexibility index (Phi) is 26.5. The van der Waals surface area contributed by atoms with E-state index in [-0.39, 0.29) is 34.8 Å². The molecule has 17 heteroatoms. The molecule has 0 spiro atoms. The summed E-state index contributed by atoms with van der Waals surface area (Å²) in [6.45, 7) is 9.03. The van der Waals surface area contributed by atoms with Crippen LogP contribution in [-0.4, -0.2) is 88.4 Å². The van der Waals surface area contributed by atoms with Gasteiger partial charge >= 0.3 is 29.8 Å². The molecule has 0 heterocycles. The second-order valence-corrected chi connectivity index (χ2v) is 18.1. The summed E-state index contributed by atoms with van der Waals surface area (Å²) in [5, 5.41) is 16.7. The molecule has 0 bridgehead atoms. The first-order chi connectivity index (χ1) is 37.9. The van der Waals surface area contributed by atoms with Crippen molar-refractivity contribution in [1.29, 1.82) is 0 Å². The molecular formula is C61H71N3O14. The molecule has 0 saturated heterocycles. The Morgan fingerprint density at radius 2 is 0.859 bits per heavy atom. The van der Waals surface area contributed by atoms with Crippen molar-refractivity contribution in [2.75, 3.05) is 58.6 Å². The van der Waals surface area contributed by atoms with Gasteiger partial charge in [0.05, 0.1) is 56.3 Å². The number of rotatable bonds is 36. The molecule has 0 amide bonds. The monoisotopic (exact) mass is 1070 g/mol. The standard InChI is InChI=1S/C61H71N3O14/c1-5-57(65)74-42-18-11-7-9-15-39-72-51-30-34-53(35-31-51)77-59(67)46-21-38-55(61(69)78-54-36-32-52(33-37-54)73-40-16-10-8-12-19-43-75-58(66)6-2)56(45-46)60(68)76-44-20-14-13-17-41-71-50-28-22-47(23-29-50)62-64(70)49-26-24-48(25-27-49)63(3)4/h5-6,21-38,45H,1-2,7-20,39-44H2,3-4H3. The van der Waals surface area contributed by atoms with Crippen LogP contribution in [0.2, 0.25) is 0 Å². The molecule has 0 aliphatic carbocycles. The fraction of sp³-hybridized carbons (Fsp3) is 0.361. The van der Waals surface area contributed by atoms with Gasteiger partial charge in [-0.15, -0.1) is 0 Å². The van der Waals surface area contributed by atoms with Crippen molar-refractivity contribution in [3.8, 4) is 28.7 Å². The number of ether oxygens (including phenoxy) is 8. The number of hydrogen-bond donors (Lipinski definition) is 0. The van der Waals surface area contributed by atoms with Gasteiger partial charge in [-0.25, -0.2) is 24.0 Å². The molecule has 0 saturated carbocycles. The van der Waals surface area contributed by atoms with Crippen LogP contribution in [-0.2, 0) is 23.8 Å². The van der Waals surface area contributed by atoms with E-state index >= 15 is 0 Å². The van der Waals surface area contributed by atoms with Gasteiger partial charge in [0.1, 0.15) is 34.4 Å². The van der Waals surface area contributed by atoms with Crippen LogP contribution in [0.25, 0.3) is 0 Å². The zero-order valence-corrected chi connectivity index (χ0v) is 44.7. The van der Waals surface area contributed by atoms with Gasteiger partial charge in [-0.05, 0) is 154 Å². The van der Waals surface area contributed by atoms with E-state index < -0.39 is 29.8 Å². The van der Waals surface area contributed by atoms with Crippen molar-refractivity contribution in [3.63, 3.8) is 0 Å². The summed E-state index contributed by atoms with van der Waals surface area (Å²) in [7, 11) is 3.85. The van der Waals surface area contributed by atoms with Crippen molar-refractivity contribution >= 4 is 46.9 Å².